The second kappa shape index (κ2) is 7.76. The number of nitrogens with one attached hydrogen (secondary N) is 3. The van der Waals surface area contributed by atoms with Crippen LogP contribution < -0.4 is 16.1 Å². The summed E-state index contributed by atoms with van der Waals surface area (Å²) in [6.07, 6.45) is 10.1. The van der Waals surface area contributed by atoms with Gasteiger partial charge in [0, 0.05) is 18.1 Å². The second-order valence-corrected chi connectivity index (χ2v) is 11.4. The highest BCUT2D eigenvalue weighted by Gasteiger charge is 2.71. The molecule has 7 atom stereocenters. The standard InChI is InChI=1S/C26H34N4O.C2H6/c1-2-20-10-22(17-6-4-3-5-7-17)28-23-21(14-27-30(20)23)24(31)29-25-11-16-8-18-9-19(13-25)26(18,12-16)15-25;1-2/h3-7,16,18-20,22,27-28H,2,8-15H2,1H3,(H,29,31);1-2H3. The zero-order chi connectivity index (χ0) is 22.8. The Hall–Kier alpha value is -2.01. The first-order valence-electron chi connectivity index (χ1n) is 13.5. The second-order valence-electron chi connectivity index (χ2n) is 11.4. The molecule has 0 radical (unpaired) electrons. The summed E-state index contributed by atoms with van der Waals surface area (Å²) in [5.74, 6) is 3.86. The normalized spacial score (nSPS) is 41.5. The van der Waals surface area contributed by atoms with Gasteiger partial charge in [0.25, 0.3) is 5.91 Å². The molecule has 6 aliphatic rings. The lowest BCUT2D eigenvalue weighted by Gasteiger charge is -2.49. The number of hydrogen-bond acceptors (Lipinski definition) is 4. The summed E-state index contributed by atoms with van der Waals surface area (Å²) in [7, 11) is 0. The number of amides is 1. The third-order valence-electron chi connectivity index (χ3n) is 9.93. The molecule has 7 rings (SSSR count). The van der Waals surface area contributed by atoms with Crippen LogP contribution in [0.1, 0.15) is 83.7 Å². The van der Waals surface area contributed by atoms with Crippen molar-refractivity contribution in [3.8, 4) is 0 Å². The number of carbonyl (C=O) groups excluding carboxylic acids is 1. The summed E-state index contributed by atoms with van der Waals surface area (Å²) in [5, 5.41) is 9.61. The van der Waals surface area contributed by atoms with Crippen molar-refractivity contribution >= 4 is 5.91 Å². The Morgan fingerprint density at radius 2 is 1.91 bits per heavy atom. The number of nitrogens with zero attached hydrogens (tertiary/aromatic N) is 1. The molecule has 1 aromatic carbocycles. The van der Waals surface area contributed by atoms with Gasteiger partial charge >= 0.3 is 0 Å². The summed E-state index contributed by atoms with van der Waals surface area (Å²) in [5.41, 5.74) is 6.39. The zero-order valence-corrected chi connectivity index (χ0v) is 20.5. The van der Waals surface area contributed by atoms with E-state index in [1.165, 1.54) is 44.1 Å². The van der Waals surface area contributed by atoms with Gasteiger partial charge in [0.2, 0.25) is 0 Å². The van der Waals surface area contributed by atoms with E-state index in [1.807, 2.05) is 13.8 Å². The smallest absolute Gasteiger partial charge is 0.252 e. The Bertz CT molecular complexity index is 956. The van der Waals surface area contributed by atoms with Crippen molar-refractivity contribution in [1.29, 1.82) is 0 Å². The van der Waals surface area contributed by atoms with Gasteiger partial charge in [0.05, 0.1) is 11.6 Å². The molecule has 7 unspecified atom stereocenters. The molecule has 4 saturated carbocycles. The van der Waals surface area contributed by atoms with Crippen molar-refractivity contribution in [3.05, 3.63) is 47.3 Å². The molecule has 1 spiro atoms. The maximum absolute atomic E-state index is 13.7. The Labute approximate surface area is 198 Å². The fraction of sp³-hybridized carbons (Fsp3) is 0.679. The zero-order valence-electron chi connectivity index (χ0n) is 20.5. The van der Waals surface area contributed by atoms with E-state index in [2.05, 4.69) is 58.3 Å². The van der Waals surface area contributed by atoms with Crippen molar-refractivity contribution in [2.24, 2.45) is 23.2 Å². The maximum Gasteiger partial charge on any atom is 0.252 e. The average molecular weight is 449 g/mol. The minimum atomic E-state index is 0.0640. The number of fused-ring (bicyclic) bond motifs is 3. The number of hydrazine groups is 1. The third-order valence-corrected chi connectivity index (χ3v) is 9.93. The van der Waals surface area contributed by atoms with Gasteiger partial charge in [-0.25, -0.2) is 5.43 Å². The highest BCUT2D eigenvalue weighted by atomic mass is 16.2. The summed E-state index contributed by atoms with van der Waals surface area (Å²) in [4.78, 5) is 13.7. The highest BCUT2D eigenvalue weighted by molar-refractivity contribution is 5.95. The van der Waals surface area contributed by atoms with Gasteiger partial charge in [0.15, 0.2) is 0 Å². The molecule has 4 aliphatic carbocycles. The van der Waals surface area contributed by atoms with Crippen LogP contribution in [0.3, 0.4) is 0 Å². The van der Waals surface area contributed by atoms with E-state index in [0.29, 0.717) is 18.0 Å². The lowest BCUT2D eigenvalue weighted by molar-refractivity contribution is -0.119. The first kappa shape index (κ1) is 21.5. The Morgan fingerprint density at radius 3 is 2.70 bits per heavy atom. The predicted molar refractivity (Wildman–Crippen MR) is 131 cm³/mol. The van der Waals surface area contributed by atoms with Gasteiger partial charge in [0.1, 0.15) is 5.82 Å². The molecule has 33 heavy (non-hydrogen) atoms. The Balaban J connectivity index is 0.00000101. The minimum Gasteiger partial charge on any atom is -0.363 e. The highest BCUT2D eigenvalue weighted by Crippen LogP contribution is 2.76. The SMILES string of the molecule is CC.CCC1CC(c2ccccc2)NC2=C(C(=O)NC34CC5CC6CC(C3)C6(C5)C4)CNN21. The van der Waals surface area contributed by atoms with Crippen LogP contribution in [0.5, 0.6) is 0 Å². The van der Waals surface area contributed by atoms with Crippen LogP contribution in [0.25, 0.3) is 0 Å². The van der Waals surface area contributed by atoms with Crippen LogP contribution >= 0.6 is 0 Å². The number of benzene rings is 1. The van der Waals surface area contributed by atoms with Crippen LogP contribution in [0.4, 0.5) is 0 Å². The van der Waals surface area contributed by atoms with E-state index in [-0.39, 0.29) is 17.5 Å². The third kappa shape index (κ3) is 3.10. The van der Waals surface area contributed by atoms with Gasteiger partial charge in [-0.05, 0) is 80.1 Å². The van der Waals surface area contributed by atoms with E-state index in [9.17, 15) is 4.79 Å². The number of hydrogen-bond donors (Lipinski definition) is 3. The van der Waals surface area contributed by atoms with Crippen LogP contribution in [-0.4, -0.2) is 29.0 Å². The molecule has 2 aliphatic heterocycles. The van der Waals surface area contributed by atoms with Crippen molar-refractivity contribution in [3.63, 3.8) is 0 Å². The maximum atomic E-state index is 13.7. The summed E-state index contributed by atoms with van der Waals surface area (Å²) < 4.78 is 0. The van der Waals surface area contributed by atoms with E-state index in [1.54, 1.807) is 0 Å². The van der Waals surface area contributed by atoms with Gasteiger partial charge in [-0.15, -0.1) is 0 Å². The van der Waals surface area contributed by atoms with E-state index in [4.69, 9.17) is 0 Å². The van der Waals surface area contributed by atoms with Crippen molar-refractivity contribution < 1.29 is 4.79 Å². The van der Waals surface area contributed by atoms with E-state index in [0.717, 1.165) is 42.0 Å². The van der Waals surface area contributed by atoms with Crippen LogP contribution in [0.15, 0.2) is 41.7 Å². The Kier molecular flexibility index (Phi) is 5.06. The lowest BCUT2D eigenvalue weighted by atomic mass is 9.56. The van der Waals surface area contributed by atoms with Crippen molar-refractivity contribution in [2.75, 3.05) is 6.54 Å². The molecule has 178 valence electrons. The monoisotopic (exact) mass is 448 g/mol. The summed E-state index contributed by atoms with van der Waals surface area (Å²) in [6, 6.07) is 11.3. The molecular formula is C28H40N4O. The molecule has 1 amide bonds. The number of rotatable bonds is 4. The molecule has 5 heteroatoms. The molecule has 2 heterocycles. The van der Waals surface area contributed by atoms with Crippen molar-refractivity contribution in [2.45, 2.75) is 89.8 Å². The van der Waals surface area contributed by atoms with Crippen LogP contribution in [0.2, 0.25) is 0 Å². The van der Waals surface area contributed by atoms with Gasteiger partial charge in [-0.1, -0.05) is 51.1 Å². The first-order valence-corrected chi connectivity index (χ1v) is 13.5. The number of carbonyl (C=O) groups is 1. The molecular weight excluding hydrogens is 408 g/mol. The average Bonchev–Trinajstić information content (AvgIpc) is 3.41. The lowest BCUT2D eigenvalue weighted by Crippen LogP contribution is -2.51. The fourth-order valence-electron chi connectivity index (χ4n) is 8.80. The molecule has 3 bridgehead atoms. The van der Waals surface area contributed by atoms with Gasteiger partial charge in [-0.3, -0.25) is 9.80 Å². The summed E-state index contributed by atoms with van der Waals surface area (Å²) >= 11 is 0. The minimum absolute atomic E-state index is 0.0640. The molecule has 5 nitrogen and oxygen atoms in total. The Morgan fingerprint density at radius 1 is 1.09 bits per heavy atom. The molecule has 1 aromatic rings. The topological polar surface area (TPSA) is 56.4 Å². The van der Waals surface area contributed by atoms with Gasteiger partial charge in [-0.2, -0.15) is 0 Å². The quantitative estimate of drug-likeness (QED) is 0.628. The van der Waals surface area contributed by atoms with Gasteiger partial charge < -0.3 is 10.6 Å². The van der Waals surface area contributed by atoms with Crippen LogP contribution in [0, 0.1) is 23.2 Å². The fourth-order valence-corrected chi connectivity index (χ4v) is 8.80. The molecule has 3 N–H and O–H groups in total. The van der Waals surface area contributed by atoms with Crippen LogP contribution in [-0.2, 0) is 4.79 Å². The predicted octanol–water partition coefficient (Wildman–Crippen LogP) is 4.64. The largest absolute Gasteiger partial charge is 0.363 e. The van der Waals surface area contributed by atoms with E-state index < -0.39 is 0 Å². The molecule has 0 aromatic heterocycles. The molecule has 1 saturated heterocycles. The van der Waals surface area contributed by atoms with Crippen molar-refractivity contribution in [1.82, 2.24) is 21.1 Å². The molecule has 5 fully saturated rings. The summed E-state index contributed by atoms with van der Waals surface area (Å²) in [6.45, 7) is 6.87. The van der Waals surface area contributed by atoms with E-state index >= 15 is 0 Å². The first-order chi connectivity index (χ1) is 16.1.